The van der Waals surface area contributed by atoms with Gasteiger partial charge in [-0.3, -0.25) is 14.4 Å². The number of carbonyl (C=O) groups excluding carboxylic acids is 2. The predicted molar refractivity (Wildman–Crippen MR) is 116 cm³/mol. The van der Waals surface area contributed by atoms with Crippen LogP contribution >= 0.6 is 0 Å². The lowest BCUT2D eigenvalue weighted by Gasteiger charge is -2.52. The van der Waals surface area contributed by atoms with E-state index in [1.807, 2.05) is 21.0 Å². The molecule has 0 saturated carbocycles. The number of likely N-dealkylation sites (N-methyl/N-ethyl adjacent to an activating group) is 1. The zero-order valence-corrected chi connectivity index (χ0v) is 18.9. The summed E-state index contributed by atoms with van der Waals surface area (Å²) in [6.45, 7) is 3.46. The molecule has 2 fully saturated rings. The van der Waals surface area contributed by atoms with Gasteiger partial charge >= 0.3 is 0 Å². The predicted octanol–water partition coefficient (Wildman–Crippen LogP) is 1.61. The molecule has 0 spiro atoms. The Morgan fingerprint density at radius 1 is 1.25 bits per heavy atom. The van der Waals surface area contributed by atoms with Gasteiger partial charge in [-0.25, -0.2) is 4.39 Å². The van der Waals surface area contributed by atoms with Gasteiger partial charge in [-0.2, -0.15) is 5.26 Å². The number of benzene rings is 1. The summed E-state index contributed by atoms with van der Waals surface area (Å²) in [5.41, 5.74) is -0.907. The van der Waals surface area contributed by atoms with Crippen molar-refractivity contribution in [3.8, 4) is 6.07 Å². The number of likely N-dealkylation sites (tertiary alicyclic amines) is 2. The van der Waals surface area contributed by atoms with Crippen molar-refractivity contribution in [3.63, 3.8) is 0 Å². The van der Waals surface area contributed by atoms with Crippen LogP contribution in [0.2, 0.25) is 0 Å². The molecule has 0 radical (unpaired) electrons. The fourth-order valence-electron chi connectivity index (χ4n) is 4.40. The number of amides is 2. The summed E-state index contributed by atoms with van der Waals surface area (Å²) in [7, 11) is 3.65. The van der Waals surface area contributed by atoms with Crippen LogP contribution in [-0.4, -0.2) is 84.9 Å². The monoisotopic (exact) mass is 446 g/mol. The van der Waals surface area contributed by atoms with Crippen LogP contribution in [0.5, 0.6) is 0 Å². The first-order valence-corrected chi connectivity index (χ1v) is 10.5. The number of nitrogens with zero attached hydrogens (tertiary/aromatic N) is 4. The number of hydrogen-bond acceptors (Lipinski definition) is 5. The minimum Gasteiger partial charge on any atom is -0.483 e. The van der Waals surface area contributed by atoms with E-state index in [0.717, 1.165) is 12.8 Å². The number of hydrogen-bond donors (Lipinski definition) is 1. The molecule has 1 atom stereocenters. The van der Waals surface area contributed by atoms with Crippen LogP contribution in [0.4, 0.5) is 4.39 Å². The summed E-state index contributed by atoms with van der Waals surface area (Å²) in [5, 5.41) is 16.4. The largest absolute Gasteiger partial charge is 0.483 e. The summed E-state index contributed by atoms with van der Waals surface area (Å²) < 4.78 is 14.3. The third-order valence-corrected chi connectivity index (χ3v) is 5.99. The highest BCUT2D eigenvalue weighted by Crippen LogP contribution is 2.39. The first-order valence-electron chi connectivity index (χ1n) is 10.5. The smallest absolute Gasteiger partial charge is 0.290 e. The van der Waals surface area contributed by atoms with Gasteiger partial charge in [0.2, 0.25) is 11.8 Å². The lowest BCUT2D eigenvalue weighted by atomic mass is 9.72. The minimum atomic E-state index is -0.835. The van der Waals surface area contributed by atoms with Crippen molar-refractivity contribution < 1.29 is 23.9 Å². The lowest BCUT2D eigenvalue weighted by molar-refractivity contribution is -0.163. The van der Waals surface area contributed by atoms with Crippen LogP contribution in [0.1, 0.15) is 25.3 Å². The zero-order valence-electron chi connectivity index (χ0n) is 18.9. The van der Waals surface area contributed by atoms with Gasteiger partial charge in [0.15, 0.2) is 0 Å². The maximum atomic E-state index is 14.3. The number of nitriles is 1. The van der Waals surface area contributed by atoms with Crippen LogP contribution < -0.4 is 0 Å². The van der Waals surface area contributed by atoms with Gasteiger partial charge in [0.25, 0.3) is 6.47 Å². The van der Waals surface area contributed by atoms with Crippen molar-refractivity contribution >= 4 is 18.3 Å². The molecule has 3 rings (SSSR count). The Bertz CT molecular complexity index is 879. The Hall–Kier alpha value is -2.99. The summed E-state index contributed by atoms with van der Waals surface area (Å²) in [4.78, 5) is 39.6. The van der Waals surface area contributed by atoms with Crippen LogP contribution in [0.25, 0.3) is 0 Å². The SMILES string of the molecule is CN(C)CC(=O)N1CC(Cc2ccccc2F)(C(=O)N2CCCC(C)(C#N)C2)C1.O=CO. The molecular weight excluding hydrogens is 415 g/mol. The van der Waals surface area contributed by atoms with Crippen molar-refractivity contribution in [2.24, 2.45) is 10.8 Å². The summed E-state index contributed by atoms with van der Waals surface area (Å²) in [6, 6.07) is 8.82. The van der Waals surface area contributed by atoms with E-state index in [0.29, 0.717) is 18.7 Å². The standard InChI is InChI=1S/C22H29FN4O2.CH2O2/c1-21(13-24)9-6-10-26(14-21)20(29)22(11-17-7-4-5-8-18(17)23)15-27(16-22)19(28)12-25(2)3;2-1-3/h4-5,7-8H,6,9-12,14-16H2,1-3H3;1H,(H,2,3). The van der Waals surface area contributed by atoms with Crippen LogP contribution in [0, 0.1) is 28.0 Å². The van der Waals surface area contributed by atoms with Crippen LogP contribution in [-0.2, 0) is 20.8 Å². The number of carbonyl (C=O) groups is 3. The van der Waals surface area contributed by atoms with Crippen LogP contribution in [0.3, 0.4) is 0 Å². The van der Waals surface area contributed by atoms with Gasteiger partial charge in [0, 0.05) is 26.2 Å². The second-order valence-corrected chi connectivity index (χ2v) is 9.14. The average Bonchev–Trinajstić information content (AvgIpc) is 2.71. The molecule has 9 heteroatoms. The first-order chi connectivity index (χ1) is 15.1. The van der Waals surface area contributed by atoms with Gasteiger partial charge in [0.05, 0.1) is 23.4 Å². The molecule has 1 aromatic carbocycles. The van der Waals surface area contributed by atoms with E-state index >= 15 is 0 Å². The molecule has 174 valence electrons. The molecule has 0 bridgehead atoms. The molecule has 0 aliphatic carbocycles. The molecule has 2 aliphatic rings. The van der Waals surface area contributed by atoms with Gasteiger partial charge in [-0.15, -0.1) is 0 Å². The van der Waals surface area contributed by atoms with Crippen molar-refractivity contribution in [1.29, 1.82) is 5.26 Å². The molecular formula is C23H31FN4O4. The Labute approximate surface area is 188 Å². The van der Waals surface area contributed by atoms with Gasteiger partial charge in [-0.05, 0) is 51.9 Å². The topological polar surface area (TPSA) is 105 Å². The average molecular weight is 447 g/mol. The van der Waals surface area contributed by atoms with E-state index in [-0.39, 0.29) is 50.2 Å². The minimum absolute atomic E-state index is 0.0348. The molecule has 1 unspecified atom stereocenters. The molecule has 8 nitrogen and oxygen atoms in total. The highest BCUT2D eigenvalue weighted by molar-refractivity contribution is 5.88. The second kappa shape index (κ2) is 10.6. The molecule has 2 saturated heterocycles. The number of piperidine rings is 1. The van der Waals surface area contributed by atoms with Gasteiger partial charge < -0.3 is 19.8 Å². The molecule has 2 heterocycles. The lowest BCUT2D eigenvalue weighted by Crippen LogP contribution is -2.67. The fraction of sp³-hybridized carbons (Fsp3) is 0.565. The number of rotatable bonds is 5. The summed E-state index contributed by atoms with van der Waals surface area (Å²) >= 11 is 0. The summed E-state index contributed by atoms with van der Waals surface area (Å²) in [5.74, 6) is -0.443. The molecule has 1 N–H and O–H groups in total. The maximum Gasteiger partial charge on any atom is 0.290 e. The second-order valence-electron chi connectivity index (χ2n) is 9.14. The fourth-order valence-corrected chi connectivity index (χ4v) is 4.40. The molecule has 2 aliphatic heterocycles. The third kappa shape index (κ3) is 5.82. The number of carboxylic acid groups (broad SMARTS) is 1. The first kappa shape index (κ1) is 25.3. The Morgan fingerprint density at radius 2 is 1.88 bits per heavy atom. The molecule has 2 amide bonds. The van der Waals surface area contributed by atoms with E-state index in [4.69, 9.17) is 9.90 Å². The maximum absolute atomic E-state index is 14.3. The van der Waals surface area contributed by atoms with E-state index < -0.39 is 10.8 Å². The van der Waals surface area contributed by atoms with Crippen molar-refractivity contribution in [2.45, 2.75) is 26.2 Å². The van der Waals surface area contributed by atoms with E-state index in [1.165, 1.54) is 6.07 Å². The Morgan fingerprint density at radius 3 is 2.44 bits per heavy atom. The highest BCUT2D eigenvalue weighted by atomic mass is 19.1. The third-order valence-electron chi connectivity index (χ3n) is 5.99. The highest BCUT2D eigenvalue weighted by Gasteiger charge is 2.53. The molecule has 1 aromatic rings. The molecule has 32 heavy (non-hydrogen) atoms. The van der Waals surface area contributed by atoms with Crippen molar-refractivity contribution in [3.05, 3.63) is 35.6 Å². The van der Waals surface area contributed by atoms with Gasteiger partial charge in [-0.1, -0.05) is 18.2 Å². The summed E-state index contributed by atoms with van der Waals surface area (Å²) in [6.07, 6.45) is 1.79. The normalized spacial score (nSPS) is 21.6. The van der Waals surface area contributed by atoms with Crippen LogP contribution in [0.15, 0.2) is 24.3 Å². The Balaban J connectivity index is 0.00000114. The van der Waals surface area contributed by atoms with Crippen molar-refractivity contribution in [2.75, 3.05) is 46.8 Å². The van der Waals surface area contributed by atoms with Gasteiger partial charge in [0.1, 0.15) is 5.82 Å². The van der Waals surface area contributed by atoms with E-state index in [9.17, 15) is 19.2 Å². The Kier molecular flexibility index (Phi) is 8.33. The van der Waals surface area contributed by atoms with E-state index in [1.54, 1.807) is 32.9 Å². The number of halogens is 1. The quantitative estimate of drug-likeness (QED) is 0.689. The van der Waals surface area contributed by atoms with Crippen molar-refractivity contribution in [1.82, 2.24) is 14.7 Å². The van der Waals surface area contributed by atoms with E-state index in [2.05, 4.69) is 6.07 Å². The zero-order chi connectivity index (χ0) is 23.9. The molecule has 0 aromatic heterocycles.